The molecule has 8 heteroatoms. The Kier molecular flexibility index (Phi) is 7.25. The summed E-state index contributed by atoms with van der Waals surface area (Å²) in [7, 11) is 0. The molecular weight excluding hydrogens is 342 g/mol. The van der Waals surface area contributed by atoms with Crippen LogP contribution >= 0.6 is 0 Å². The molecule has 0 bridgehead atoms. The molecule has 0 aliphatic heterocycles. The Bertz CT molecular complexity index is 450. The van der Waals surface area contributed by atoms with Gasteiger partial charge in [-0.15, -0.1) is 0 Å². The summed E-state index contributed by atoms with van der Waals surface area (Å²) < 4.78 is 50.7. The summed E-state index contributed by atoms with van der Waals surface area (Å²) in [6.07, 6.45) is -3.70. The second-order valence-electron chi connectivity index (χ2n) is 7.18. The van der Waals surface area contributed by atoms with E-state index >= 15 is 0 Å². The highest BCUT2D eigenvalue weighted by Gasteiger charge is 2.41. The van der Waals surface area contributed by atoms with E-state index in [4.69, 9.17) is 0 Å². The maximum absolute atomic E-state index is 12.8. The van der Waals surface area contributed by atoms with Gasteiger partial charge in [-0.3, -0.25) is 0 Å². The lowest BCUT2D eigenvalue weighted by Gasteiger charge is -2.34. The third-order valence-electron chi connectivity index (χ3n) is 5.45. The minimum atomic E-state index is -4.09. The van der Waals surface area contributed by atoms with E-state index in [0.717, 1.165) is 12.8 Å². The molecule has 0 amide bonds. The second-order valence-corrected chi connectivity index (χ2v) is 7.18. The van der Waals surface area contributed by atoms with Crippen LogP contribution in [0.4, 0.5) is 17.6 Å². The van der Waals surface area contributed by atoms with E-state index in [-0.39, 0.29) is 24.3 Å². The molecule has 4 atom stereocenters. The van der Waals surface area contributed by atoms with Gasteiger partial charge >= 0.3 is 6.18 Å². The standard InChI is InChI=1S/C17H27F4NO3/c18-9-11-8-13(15(24)16(25)14(11)23)22-7-1-2-10-3-5-12(6-4-10)17(19,20)21/h8,10,12-16,22-25H,1-7,9H2/t10?,12?,13-,14+,15+,16+/m1/s1. The van der Waals surface area contributed by atoms with Crippen molar-refractivity contribution >= 4 is 0 Å². The fourth-order valence-electron chi connectivity index (χ4n) is 3.79. The smallest absolute Gasteiger partial charge is 0.388 e. The molecule has 4 nitrogen and oxygen atoms in total. The van der Waals surface area contributed by atoms with Gasteiger partial charge in [0.15, 0.2) is 0 Å². The largest absolute Gasteiger partial charge is 0.391 e. The molecule has 2 aliphatic carbocycles. The zero-order valence-corrected chi connectivity index (χ0v) is 14.1. The highest BCUT2D eigenvalue weighted by molar-refractivity contribution is 5.21. The Morgan fingerprint density at radius 2 is 1.68 bits per heavy atom. The van der Waals surface area contributed by atoms with Gasteiger partial charge in [0.2, 0.25) is 0 Å². The first-order chi connectivity index (χ1) is 11.7. The predicted molar refractivity (Wildman–Crippen MR) is 84.6 cm³/mol. The van der Waals surface area contributed by atoms with Crippen molar-refractivity contribution < 1.29 is 32.9 Å². The number of halogens is 4. The lowest BCUT2D eigenvalue weighted by Crippen LogP contribution is -2.54. The van der Waals surface area contributed by atoms with Crippen LogP contribution in [-0.4, -0.2) is 59.1 Å². The Morgan fingerprint density at radius 3 is 2.24 bits per heavy atom. The van der Waals surface area contributed by atoms with Crippen LogP contribution in [0.3, 0.4) is 0 Å². The number of nitrogens with one attached hydrogen (secondary N) is 1. The van der Waals surface area contributed by atoms with Crippen LogP contribution in [0.5, 0.6) is 0 Å². The van der Waals surface area contributed by atoms with Gasteiger partial charge in [-0.2, -0.15) is 13.2 Å². The molecule has 2 rings (SSSR count). The van der Waals surface area contributed by atoms with Crippen LogP contribution in [0.2, 0.25) is 0 Å². The normalized spacial score (nSPS) is 37.0. The maximum atomic E-state index is 12.8. The lowest BCUT2D eigenvalue weighted by atomic mass is 9.79. The third-order valence-corrected chi connectivity index (χ3v) is 5.45. The molecule has 25 heavy (non-hydrogen) atoms. The molecule has 2 aliphatic rings. The molecule has 0 saturated heterocycles. The topological polar surface area (TPSA) is 72.7 Å². The molecule has 4 N–H and O–H groups in total. The van der Waals surface area contributed by atoms with Crippen molar-refractivity contribution in [3.63, 3.8) is 0 Å². The van der Waals surface area contributed by atoms with Gasteiger partial charge in [-0.25, -0.2) is 4.39 Å². The van der Waals surface area contributed by atoms with Gasteiger partial charge in [0.05, 0.1) is 12.0 Å². The van der Waals surface area contributed by atoms with E-state index in [1.54, 1.807) is 0 Å². The Balaban J connectivity index is 1.70. The molecule has 0 unspecified atom stereocenters. The summed E-state index contributed by atoms with van der Waals surface area (Å²) in [6, 6.07) is -0.648. The molecule has 0 aromatic heterocycles. The number of hydrogen-bond acceptors (Lipinski definition) is 4. The average molecular weight is 369 g/mol. The zero-order valence-electron chi connectivity index (χ0n) is 14.1. The van der Waals surface area contributed by atoms with E-state index in [0.29, 0.717) is 19.4 Å². The highest BCUT2D eigenvalue weighted by Crippen LogP contribution is 2.40. The first-order valence-corrected chi connectivity index (χ1v) is 8.85. The zero-order chi connectivity index (χ0) is 18.6. The average Bonchev–Trinajstić information content (AvgIpc) is 2.58. The lowest BCUT2D eigenvalue weighted by molar-refractivity contribution is -0.184. The summed E-state index contributed by atoms with van der Waals surface area (Å²) in [4.78, 5) is 0. The SMILES string of the molecule is O[C@@H]1[C@@H](O)[C@@H](O)C(CF)=C[C@H]1NCCCC1CCC(C(F)(F)F)CC1. The van der Waals surface area contributed by atoms with E-state index in [1.807, 2.05) is 0 Å². The summed E-state index contributed by atoms with van der Waals surface area (Å²) in [6.45, 7) is -0.397. The number of aliphatic hydroxyl groups is 3. The van der Waals surface area contributed by atoms with Gasteiger partial charge in [0.25, 0.3) is 0 Å². The van der Waals surface area contributed by atoms with Crippen LogP contribution in [0, 0.1) is 11.8 Å². The molecule has 1 saturated carbocycles. The predicted octanol–water partition coefficient (Wildman–Crippen LogP) is 2.09. The van der Waals surface area contributed by atoms with Gasteiger partial charge < -0.3 is 20.6 Å². The number of alkyl halides is 4. The minimum absolute atomic E-state index is 0.0424. The van der Waals surface area contributed by atoms with Gasteiger partial charge in [0.1, 0.15) is 25.0 Å². The van der Waals surface area contributed by atoms with E-state index in [9.17, 15) is 32.9 Å². The molecule has 0 heterocycles. The third kappa shape index (κ3) is 5.39. The van der Waals surface area contributed by atoms with Crippen LogP contribution in [0.25, 0.3) is 0 Å². The molecule has 1 fully saturated rings. The first-order valence-electron chi connectivity index (χ1n) is 8.85. The second kappa shape index (κ2) is 8.79. The number of aliphatic hydroxyl groups excluding tert-OH is 3. The summed E-state index contributed by atoms with van der Waals surface area (Å²) in [5.41, 5.74) is 0.0424. The molecule has 146 valence electrons. The Morgan fingerprint density at radius 1 is 1.04 bits per heavy atom. The van der Waals surface area contributed by atoms with Crippen molar-refractivity contribution in [2.45, 2.75) is 69.1 Å². The van der Waals surface area contributed by atoms with Crippen molar-refractivity contribution in [2.75, 3.05) is 13.2 Å². The van der Waals surface area contributed by atoms with Crippen molar-refractivity contribution in [1.29, 1.82) is 0 Å². The van der Waals surface area contributed by atoms with Crippen molar-refractivity contribution in [3.05, 3.63) is 11.6 Å². The maximum Gasteiger partial charge on any atom is 0.391 e. The quantitative estimate of drug-likeness (QED) is 0.329. The van der Waals surface area contributed by atoms with E-state index < -0.39 is 43.1 Å². The fraction of sp³-hybridized carbons (Fsp3) is 0.882. The number of rotatable bonds is 6. The van der Waals surface area contributed by atoms with Crippen LogP contribution in [0.15, 0.2) is 11.6 Å². The number of hydrogen-bond donors (Lipinski definition) is 4. The van der Waals surface area contributed by atoms with Crippen LogP contribution in [0.1, 0.15) is 38.5 Å². The highest BCUT2D eigenvalue weighted by atomic mass is 19.4. The molecule has 0 aromatic rings. The van der Waals surface area contributed by atoms with Crippen molar-refractivity contribution in [1.82, 2.24) is 5.32 Å². The minimum Gasteiger partial charge on any atom is -0.388 e. The van der Waals surface area contributed by atoms with Crippen molar-refractivity contribution in [2.24, 2.45) is 11.8 Å². The van der Waals surface area contributed by atoms with E-state index in [2.05, 4.69) is 5.32 Å². The van der Waals surface area contributed by atoms with Crippen LogP contribution in [-0.2, 0) is 0 Å². The fourth-order valence-corrected chi connectivity index (χ4v) is 3.79. The molecule has 0 aromatic carbocycles. The van der Waals surface area contributed by atoms with Gasteiger partial charge in [-0.1, -0.05) is 6.08 Å². The monoisotopic (exact) mass is 369 g/mol. The molecular formula is C17H27F4NO3. The summed E-state index contributed by atoms with van der Waals surface area (Å²) in [5.74, 6) is -0.891. The Hall–Kier alpha value is -0.700. The van der Waals surface area contributed by atoms with Crippen molar-refractivity contribution in [3.8, 4) is 0 Å². The molecule has 0 radical (unpaired) electrons. The van der Waals surface area contributed by atoms with Gasteiger partial charge in [-0.05, 0) is 56.6 Å². The molecule has 0 spiro atoms. The summed E-state index contributed by atoms with van der Waals surface area (Å²) >= 11 is 0. The van der Waals surface area contributed by atoms with Gasteiger partial charge in [0, 0.05) is 0 Å². The Labute approximate surface area is 144 Å². The van der Waals surface area contributed by atoms with Crippen LogP contribution < -0.4 is 5.32 Å². The van der Waals surface area contributed by atoms with E-state index in [1.165, 1.54) is 6.08 Å². The first kappa shape index (κ1) is 20.6. The summed E-state index contributed by atoms with van der Waals surface area (Å²) in [5, 5.41) is 32.3.